The molecule has 0 N–H and O–H groups in total. The van der Waals surface area contributed by atoms with Crippen LogP contribution in [-0.2, 0) is 4.79 Å². The summed E-state index contributed by atoms with van der Waals surface area (Å²) in [7, 11) is 0. The van der Waals surface area contributed by atoms with E-state index in [0.717, 1.165) is 17.1 Å². The molecule has 0 spiro atoms. The normalized spacial score (nSPS) is 10.2. The van der Waals surface area contributed by atoms with Crippen molar-refractivity contribution in [1.82, 2.24) is 19.7 Å². The highest BCUT2D eigenvalue weighted by molar-refractivity contribution is 7.99. The number of amides is 1. The van der Waals surface area contributed by atoms with Crippen LogP contribution in [0.4, 0.5) is 0 Å². The van der Waals surface area contributed by atoms with E-state index >= 15 is 0 Å². The summed E-state index contributed by atoms with van der Waals surface area (Å²) >= 11 is 1.30. The van der Waals surface area contributed by atoms with Crippen LogP contribution in [0.5, 0.6) is 0 Å². The van der Waals surface area contributed by atoms with Crippen molar-refractivity contribution in [2.75, 3.05) is 18.8 Å². The number of hydrogen-bond acceptors (Lipinski definition) is 6. The molecule has 1 heterocycles. The lowest BCUT2D eigenvalue weighted by Gasteiger charge is -2.20. The highest BCUT2D eigenvalue weighted by Gasteiger charge is 2.17. The Bertz CT molecular complexity index is 813. The van der Waals surface area contributed by atoms with Crippen LogP contribution in [0, 0.1) is 36.5 Å². The van der Waals surface area contributed by atoms with Gasteiger partial charge in [0.05, 0.1) is 30.7 Å². The molecular formula is C18H20N6OS. The van der Waals surface area contributed by atoms with Crippen LogP contribution < -0.4 is 0 Å². The monoisotopic (exact) mass is 368 g/mol. The fraction of sp³-hybridized carbons (Fsp3) is 0.389. The largest absolute Gasteiger partial charge is 0.340 e. The second-order valence-corrected chi connectivity index (χ2v) is 6.63. The zero-order valence-corrected chi connectivity index (χ0v) is 15.7. The number of aryl methyl sites for hydroxylation is 2. The molecule has 1 amide bonds. The van der Waals surface area contributed by atoms with Gasteiger partial charge in [-0.3, -0.25) is 9.36 Å². The average Bonchev–Trinajstić information content (AvgIpc) is 3.01. The molecule has 26 heavy (non-hydrogen) atoms. The van der Waals surface area contributed by atoms with Gasteiger partial charge in [0.2, 0.25) is 5.91 Å². The molecule has 0 aliphatic heterocycles. The molecule has 134 valence electrons. The number of thioether (sulfide) groups is 1. The molecule has 1 aromatic carbocycles. The van der Waals surface area contributed by atoms with Crippen molar-refractivity contribution in [2.45, 2.75) is 31.8 Å². The minimum Gasteiger partial charge on any atom is -0.340 e. The summed E-state index contributed by atoms with van der Waals surface area (Å²) in [4.78, 5) is 14.0. The Morgan fingerprint density at radius 1 is 1.12 bits per heavy atom. The van der Waals surface area contributed by atoms with Crippen molar-refractivity contribution >= 4 is 17.7 Å². The molecule has 0 fully saturated rings. The summed E-state index contributed by atoms with van der Waals surface area (Å²) < 4.78 is 1.91. The van der Waals surface area contributed by atoms with Crippen molar-refractivity contribution in [3.8, 4) is 17.8 Å². The van der Waals surface area contributed by atoms with Gasteiger partial charge in [-0.25, -0.2) is 0 Å². The number of rotatable bonds is 8. The van der Waals surface area contributed by atoms with Crippen LogP contribution in [0.1, 0.15) is 24.2 Å². The molecular weight excluding hydrogens is 348 g/mol. The number of nitrogens with zero attached hydrogens (tertiary/aromatic N) is 6. The first-order valence-electron chi connectivity index (χ1n) is 8.20. The Kier molecular flexibility index (Phi) is 7.19. The molecule has 0 aliphatic rings. The SMILES string of the molecule is Cc1ccc(-n2c(C)nnc2SCC(=O)N(CCC#N)CCC#N)cc1. The molecule has 0 aliphatic carbocycles. The van der Waals surface area contributed by atoms with Gasteiger partial charge in [-0.2, -0.15) is 10.5 Å². The summed E-state index contributed by atoms with van der Waals surface area (Å²) in [5, 5.41) is 26.4. The topological polar surface area (TPSA) is 98.6 Å². The van der Waals surface area contributed by atoms with E-state index in [9.17, 15) is 4.79 Å². The van der Waals surface area contributed by atoms with Crippen molar-refractivity contribution in [3.05, 3.63) is 35.7 Å². The third-order valence-corrected chi connectivity index (χ3v) is 4.67. The third-order valence-electron chi connectivity index (χ3n) is 3.75. The van der Waals surface area contributed by atoms with Gasteiger partial charge < -0.3 is 4.90 Å². The van der Waals surface area contributed by atoms with E-state index in [1.54, 1.807) is 4.90 Å². The Balaban J connectivity index is 2.09. The molecule has 0 saturated carbocycles. The zero-order valence-electron chi connectivity index (χ0n) is 14.8. The Labute approximate surface area is 157 Å². The second kappa shape index (κ2) is 9.59. The predicted molar refractivity (Wildman–Crippen MR) is 98.6 cm³/mol. The Morgan fingerprint density at radius 2 is 1.73 bits per heavy atom. The quantitative estimate of drug-likeness (QED) is 0.664. The summed E-state index contributed by atoms with van der Waals surface area (Å²) in [5.74, 6) is 0.812. The van der Waals surface area contributed by atoms with Gasteiger partial charge in [-0.05, 0) is 26.0 Å². The molecule has 8 heteroatoms. The first-order chi connectivity index (χ1) is 12.6. The van der Waals surface area contributed by atoms with Crippen molar-refractivity contribution in [2.24, 2.45) is 0 Å². The smallest absolute Gasteiger partial charge is 0.233 e. The lowest BCUT2D eigenvalue weighted by molar-refractivity contribution is -0.128. The van der Waals surface area contributed by atoms with Gasteiger partial charge >= 0.3 is 0 Å². The minimum atomic E-state index is -0.114. The van der Waals surface area contributed by atoms with Crippen molar-refractivity contribution in [3.63, 3.8) is 0 Å². The first-order valence-corrected chi connectivity index (χ1v) is 9.19. The average molecular weight is 368 g/mol. The Morgan fingerprint density at radius 3 is 2.31 bits per heavy atom. The molecule has 7 nitrogen and oxygen atoms in total. The molecule has 0 unspecified atom stereocenters. The molecule has 0 saturated heterocycles. The van der Waals surface area contributed by atoms with Gasteiger partial charge in [0.25, 0.3) is 0 Å². The number of benzene rings is 1. The van der Waals surface area contributed by atoms with Gasteiger partial charge in [-0.15, -0.1) is 10.2 Å². The van der Waals surface area contributed by atoms with Gasteiger partial charge in [0.1, 0.15) is 5.82 Å². The number of nitriles is 2. The van der Waals surface area contributed by atoms with Crippen LogP contribution >= 0.6 is 11.8 Å². The zero-order chi connectivity index (χ0) is 18.9. The summed E-state index contributed by atoms with van der Waals surface area (Å²) in [6, 6.07) is 12.1. The van der Waals surface area contributed by atoms with E-state index in [-0.39, 0.29) is 24.5 Å². The fourth-order valence-electron chi connectivity index (χ4n) is 2.38. The number of aromatic nitrogens is 3. The van der Waals surface area contributed by atoms with E-state index in [1.807, 2.05) is 54.8 Å². The maximum Gasteiger partial charge on any atom is 0.233 e. The van der Waals surface area contributed by atoms with Gasteiger partial charge in [0.15, 0.2) is 5.16 Å². The standard InChI is InChI=1S/C18H20N6OS/c1-14-5-7-16(8-6-14)24-15(2)21-22-18(24)26-13-17(25)23(11-3-9-19)12-4-10-20/h5-8H,3-4,11-13H2,1-2H3. The molecule has 0 radical (unpaired) electrons. The van der Waals surface area contributed by atoms with Crippen LogP contribution in [0.2, 0.25) is 0 Å². The summed E-state index contributed by atoms with van der Waals surface area (Å²) in [6.45, 7) is 4.56. The highest BCUT2D eigenvalue weighted by atomic mass is 32.2. The van der Waals surface area contributed by atoms with E-state index in [0.29, 0.717) is 18.2 Å². The van der Waals surface area contributed by atoms with Gasteiger partial charge in [-0.1, -0.05) is 29.5 Å². The minimum absolute atomic E-state index is 0.114. The molecule has 0 atom stereocenters. The number of carbonyl (C=O) groups excluding carboxylic acids is 1. The van der Waals surface area contributed by atoms with E-state index in [1.165, 1.54) is 11.8 Å². The third kappa shape index (κ3) is 5.08. The lowest BCUT2D eigenvalue weighted by Crippen LogP contribution is -2.34. The fourth-order valence-corrected chi connectivity index (χ4v) is 3.28. The van der Waals surface area contributed by atoms with Crippen LogP contribution in [0.3, 0.4) is 0 Å². The van der Waals surface area contributed by atoms with Crippen LogP contribution in [0.25, 0.3) is 5.69 Å². The summed E-state index contributed by atoms with van der Waals surface area (Å²) in [5.41, 5.74) is 2.10. The van der Waals surface area contributed by atoms with E-state index < -0.39 is 0 Å². The molecule has 2 aromatic rings. The highest BCUT2D eigenvalue weighted by Crippen LogP contribution is 2.22. The van der Waals surface area contributed by atoms with E-state index in [2.05, 4.69) is 10.2 Å². The van der Waals surface area contributed by atoms with Crippen molar-refractivity contribution < 1.29 is 4.79 Å². The first kappa shape index (κ1) is 19.5. The number of hydrogen-bond donors (Lipinski definition) is 0. The predicted octanol–water partition coefficient (Wildman–Crippen LogP) is 2.63. The number of carbonyl (C=O) groups is 1. The van der Waals surface area contributed by atoms with E-state index in [4.69, 9.17) is 10.5 Å². The molecule has 1 aromatic heterocycles. The van der Waals surface area contributed by atoms with Crippen LogP contribution in [-0.4, -0.2) is 44.4 Å². The van der Waals surface area contributed by atoms with Crippen molar-refractivity contribution in [1.29, 1.82) is 10.5 Å². The molecule has 2 rings (SSSR count). The van der Waals surface area contributed by atoms with Crippen LogP contribution in [0.15, 0.2) is 29.4 Å². The lowest BCUT2D eigenvalue weighted by atomic mass is 10.2. The molecule has 0 bridgehead atoms. The maximum absolute atomic E-state index is 12.5. The summed E-state index contributed by atoms with van der Waals surface area (Å²) in [6.07, 6.45) is 0.501. The van der Waals surface area contributed by atoms with Gasteiger partial charge in [0, 0.05) is 18.8 Å². The maximum atomic E-state index is 12.5. The Hall–Kier alpha value is -2.84. The second-order valence-electron chi connectivity index (χ2n) is 5.69.